The van der Waals surface area contributed by atoms with Gasteiger partial charge in [-0.1, -0.05) is 0 Å². The number of nitrogens with two attached hydrogens (primary N) is 1. The van der Waals surface area contributed by atoms with E-state index in [1.54, 1.807) is 0 Å². The number of ether oxygens (including phenoxy) is 2. The van der Waals surface area contributed by atoms with E-state index in [0.717, 1.165) is 25.9 Å². The molecule has 4 nitrogen and oxygen atoms in total. The molecular formula is C8H17NO3. The van der Waals surface area contributed by atoms with Gasteiger partial charge in [-0.15, -0.1) is 0 Å². The normalized spacial score (nSPS) is 27.0. The number of aliphatic hydroxyl groups is 1. The summed E-state index contributed by atoms with van der Waals surface area (Å²) in [4.78, 5) is 0. The molecule has 1 rings (SSSR count). The van der Waals surface area contributed by atoms with Crippen LogP contribution >= 0.6 is 0 Å². The first-order chi connectivity index (χ1) is 5.83. The summed E-state index contributed by atoms with van der Waals surface area (Å²) in [5.74, 6) is 0. The van der Waals surface area contributed by atoms with E-state index in [2.05, 4.69) is 0 Å². The second-order valence-electron chi connectivity index (χ2n) is 3.07. The molecule has 1 aliphatic rings. The summed E-state index contributed by atoms with van der Waals surface area (Å²) >= 11 is 0. The molecule has 0 radical (unpaired) electrons. The molecular weight excluding hydrogens is 158 g/mol. The van der Waals surface area contributed by atoms with Gasteiger partial charge >= 0.3 is 0 Å². The van der Waals surface area contributed by atoms with E-state index < -0.39 is 0 Å². The van der Waals surface area contributed by atoms with Gasteiger partial charge in [0.2, 0.25) is 0 Å². The van der Waals surface area contributed by atoms with Gasteiger partial charge in [-0.3, -0.25) is 0 Å². The fraction of sp³-hybridized carbons (Fsp3) is 1.00. The predicted molar refractivity (Wildman–Crippen MR) is 44.6 cm³/mol. The van der Waals surface area contributed by atoms with Gasteiger partial charge < -0.3 is 20.3 Å². The molecule has 3 N–H and O–H groups in total. The molecule has 0 aromatic carbocycles. The van der Waals surface area contributed by atoms with Crippen molar-refractivity contribution in [2.75, 3.05) is 19.8 Å². The molecule has 4 heteroatoms. The summed E-state index contributed by atoms with van der Waals surface area (Å²) in [5.41, 5.74) is 5.46. The molecule has 2 unspecified atom stereocenters. The summed E-state index contributed by atoms with van der Waals surface area (Å²) in [7, 11) is 0. The summed E-state index contributed by atoms with van der Waals surface area (Å²) in [6, 6.07) is -0.282. The Morgan fingerprint density at radius 3 is 3.00 bits per heavy atom. The predicted octanol–water partition coefficient (Wildman–Crippen LogP) is -0.151. The lowest BCUT2D eigenvalue weighted by Gasteiger charge is -2.23. The highest BCUT2D eigenvalue weighted by molar-refractivity contribution is 4.59. The summed E-state index contributed by atoms with van der Waals surface area (Å²) < 4.78 is 10.6. The molecule has 72 valence electrons. The fourth-order valence-electron chi connectivity index (χ4n) is 1.13. The van der Waals surface area contributed by atoms with Crippen molar-refractivity contribution >= 4 is 0 Å². The van der Waals surface area contributed by atoms with Crippen LogP contribution in [0.4, 0.5) is 0 Å². The second kappa shape index (κ2) is 5.48. The third-order valence-corrected chi connectivity index (χ3v) is 1.87. The van der Waals surface area contributed by atoms with Crippen molar-refractivity contribution in [1.82, 2.24) is 0 Å². The van der Waals surface area contributed by atoms with Crippen LogP contribution in [0.15, 0.2) is 0 Å². The van der Waals surface area contributed by atoms with E-state index in [9.17, 15) is 0 Å². The molecule has 0 aromatic heterocycles. The zero-order valence-electron chi connectivity index (χ0n) is 7.24. The SMILES string of the molecule is NC(CO)COC1CCCCO1. The van der Waals surface area contributed by atoms with Gasteiger partial charge in [0.15, 0.2) is 6.29 Å². The van der Waals surface area contributed by atoms with Crippen LogP contribution in [0.1, 0.15) is 19.3 Å². The second-order valence-corrected chi connectivity index (χ2v) is 3.07. The van der Waals surface area contributed by atoms with Crippen LogP contribution in [0.5, 0.6) is 0 Å². The molecule has 0 aromatic rings. The first kappa shape index (κ1) is 9.92. The van der Waals surface area contributed by atoms with Crippen molar-refractivity contribution in [3.8, 4) is 0 Å². The number of rotatable bonds is 4. The Labute approximate surface area is 72.6 Å². The zero-order valence-corrected chi connectivity index (χ0v) is 7.24. The highest BCUT2D eigenvalue weighted by Gasteiger charge is 2.14. The highest BCUT2D eigenvalue weighted by Crippen LogP contribution is 2.13. The van der Waals surface area contributed by atoms with E-state index >= 15 is 0 Å². The number of aliphatic hydroxyl groups excluding tert-OH is 1. The number of hydrogen-bond donors (Lipinski definition) is 2. The largest absolute Gasteiger partial charge is 0.395 e. The van der Waals surface area contributed by atoms with Crippen LogP contribution in [0.25, 0.3) is 0 Å². The molecule has 0 aliphatic carbocycles. The fourth-order valence-corrected chi connectivity index (χ4v) is 1.13. The molecule has 0 spiro atoms. The van der Waals surface area contributed by atoms with Gasteiger partial charge in [0.05, 0.1) is 19.3 Å². The molecule has 0 saturated carbocycles. The summed E-state index contributed by atoms with van der Waals surface area (Å²) in [6.07, 6.45) is 3.11. The van der Waals surface area contributed by atoms with Gasteiger partial charge in [-0.25, -0.2) is 0 Å². The Morgan fingerprint density at radius 1 is 1.58 bits per heavy atom. The van der Waals surface area contributed by atoms with Crippen molar-refractivity contribution in [2.24, 2.45) is 5.73 Å². The third-order valence-electron chi connectivity index (χ3n) is 1.87. The van der Waals surface area contributed by atoms with Crippen LogP contribution in [0, 0.1) is 0 Å². The standard InChI is InChI=1S/C8H17NO3/c9-7(5-10)6-12-8-3-1-2-4-11-8/h7-8,10H,1-6,9H2. The molecule has 1 saturated heterocycles. The molecule has 1 fully saturated rings. The maximum atomic E-state index is 8.62. The molecule has 2 atom stereocenters. The van der Waals surface area contributed by atoms with Crippen molar-refractivity contribution in [2.45, 2.75) is 31.6 Å². The molecule has 1 aliphatic heterocycles. The quantitative estimate of drug-likeness (QED) is 0.623. The van der Waals surface area contributed by atoms with E-state index in [-0.39, 0.29) is 18.9 Å². The van der Waals surface area contributed by atoms with Crippen LogP contribution in [-0.2, 0) is 9.47 Å². The molecule has 1 heterocycles. The molecule has 0 amide bonds. The van der Waals surface area contributed by atoms with Gasteiger partial charge in [-0.05, 0) is 19.3 Å². The highest BCUT2D eigenvalue weighted by atomic mass is 16.7. The van der Waals surface area contributed by atoms with Gasteiger partial charge in [0, 0.05) is 6.61 Å². The van der Waals surface area contributed by atoms with Crippen molar-refractivity contribution in [1.29, 1.82) is 0 Å². The number of hydrogen-bond acceptors (Lipinski definition) is 4. The smallest absolute Gasteiger partial charge is 0.157 e. The van der Waals surface area contributed by atoms with E-state index in [1.807, 2.05) is 0 Å². The van der Waals surface area contributed by atoms with Crippen LogP contribution in [0.3, 0.4) is 0 Å². The zero-order chi connectivity index (χ0) is 8.81. The van der Waals surface area contributed by atoms with Crippen LogP contribution in [0.2, 0.25) is 0 Å². The Kier molecular flexibility index (Phi) is 4.53. The maximum Gasteiger partial charge on any atom is 0.157 e. The lowest BCUT2D eigenvalue weighted by Crippen LogP contribution is -2.34. The minimum Gasteiger partial charge on any atom is -0.395 e. The Hall–Kier alpha value is -0.160. The molecule has 12 heavy (non-hydrogen) atoms. The maximum absolute atomic E-state index is 8.62. The van der Waals surface area contributed by atoms with Gasteiger partial charge in [0.1, 0.15) is 0 Å². The Bertz CT molecular complexity index is 115. The first-order valence-corrected chi connectivity index (χ1v) is 4.42. The Balaban J connectivity index is 2.05. The monoisotopic (exact) mass is 175 g/mol. The topological polar surface area (TPSA) is 64.7 Å². The van der Waals surface area contributed by atoms with Crippen LogP contribution < -0.4 is 5.73 Å². The van der Waals surface area contributed by atoms with Crippen molar-refractivity contribution in [3.05, 3.63) is 0 Å². The van der Waals surface area contributed by atoms with Gasteiger partial charge in [0.25, 0.3) is 0 Å². The lowest BCUT2D eigenvalue weighted by atomic mass is 10.2. The molecule has 0 bridgehead atoms. The lowest BCUT2D eigenvalue weighted by molar-refractivity contribution is -0.165. The van der Waals surface area contributed by atoms with Crippen LogP contribution in [-0.4, -0.2) is 37.3 Å². The van der Waals surface area contributed by atoms with E-state index in [4.69, 9.17) is 20.3 Å². The summed E-state index contributed by atoms with van der Waals surface area (Å²) in [6.45, 7) is 1.12. The van der Waals surface area contributed by atoms with E-state index in [0.29, 0.717) is 6.61 Å². The third kappa shape index (κ3) is 3.49. The van der Waals surface area contributed by atoms with Crippen molar-refractivity contribution in [3.63, 3.8) is 0 Å². The average Bonchev–Trinajstić information content (AvgIpc) is 2.16. The Morgan fingerprint density at radius 2 is 2.42 bits per heavy atom. The summed E-state index contributed by atoms with van der Waals surface area (Å²) in [5, 5.41) is 8.62. The minimum absolute atomic E-state index is 0.0350. The van der Waals surface area contributed by atoms with Crippen molar-refractivity contribution < 1.29 is 14.6 Å². The minimum atomic E-state index is -0.282. The first-order valence-electron chi connectivity index (χ1n) is 4.42. The van der Waals surface area contributed by atoms with E-state index in [1.165, 1.54) is 0 Å². The average molecular weight is 175 g/mol. The van der Waals surface area contributed by atoms with Gasteiger partial charge in [-0.2, -0.15) is 0 Å².